The SMILES string of the molecule is CCOC(=O)c1ccc(/C=C/c2ccc(-c3cc(-c4ccc(/C=C/c5ccc(CC)cc5)cc4)c4ccc5c(-c6ccc(/C=C/c7ccc(CC)cc7)cc6)cc(-c6ccc(/C=C/c7ccc(C(=O)OCC)cc7)cc6)c6ccc3c4c56)cc2)cc1. The number of benzene rings is 12. The van der Waals surface area contributed by atoms with Gasteiger partial charge in [-0.05, 0) is 196 Å². The number of rotatable bonds is 18. The van der Waals surface area contributed by atoms with Crippen LogP contribution in [-0.2, 0) is 22.3 Å². The number of carbonyl (C=O) groups excluding carboxylic acids is 2. The summed E-state index contributed by atoms with van der Waals surface area (Å²) in [5, 5.41) is 7.22. The molecule has 0 amide bonds. The molecule has 0 spiro atoms. The van der Waals surface area contributed by atoms with E-state index in [4.69, 9.17) is 9.47 Å². The van der Waals surface area contributed by atoms with Gasteiger partial charge in [-0.3, -0.25) is 0 Å². The number of hydrogen-bond acceptors (Lipinski definition) is 4. The molecule has 0 heterocycles. The Labute approximate surface area is 504 Å². The van der Waals surface area contributed by atoms with Gasteiger partial charge in [0.2, 0.25) is 0 Å². The Morgan fingerprint density at radius 3 is 0.698 bits per heavy atom. The number of aryl methyl sites for hydroxylation is 2. The fraction of sp³-hybridized carbons (Fsp3) is 0.0976. The normalized spacial score (nSPS) is 11.8. The molecule has 4 nitrogen and oxygen atoms in total. The Morgan fingerprint density at radius 2 is 0.488 bits per heavy atom. The monoisotopic (exact) mass is 1110 g/mol. The summed E-state index contributed by atoms with van der Waals surface area (Å²) < 4.78 is 10.4. The molecule has 12 rings (SSSR count). The maximum Gasteiger partial charge on any atom is 0.338 e. The van der Waals surface area contributed by atoms with Crippen LogP contribution in [0.2, 0.25) is 0 Å². The smallest absolute Gasteiger partial charge is 0.338 e. The maximum atomic E-state index is 12.3. The van der Waals surface area contributed by atoms with Gasteiger partial charge in [0.25, 0.3) is 0 Å². The Bertz CT molecular complexity index is 4190. The van der Waals surface area contributed by atoms with Crippen molar-refractivity contribution in [3.8, 4) is 44.5 Å². The molecule has 0 aliphatic rings. The fourth-order valence-corrected chi connectivity index (χ4v) is 11.4. The van der Waals surface area contributed by atoms with Gasteiger partial charge >= 0.3 is 11.9 Å². The van der Waals surface area contributed by atoms with Gasteiger partial charge in [0.1, 0.15) is 0 Å². The summed E-state index contributed by atoms with van der Waals surface area (Å²) in [6, 6.07) is 82.4. The molecule has 0 radical (unpaired) electrons. The minimum atomic E-state index is -0.315. The molecule has 4 heteroatoms. The predicted molar refractivity (Wildman–Crippen MR) is 364 cm³/mol. The van der Waals surface area contributed by atoms with Crippen molar-refractivity contribution in [1.29, 1.82) is 0 Å². The topological polar surface area (TPSA) is 52.6 Å². The molecule has 86 heavy (non-hydrogen) atoms. The molecule has 0 unspecified atom stereocenters. The van der Waals surface area contributed by atoms with Crippen LogP contribution in [0.4, 0.5) is 0 Å². The van der Waals surface area contributed by atoms with Gasteiger partial charge in [0.05, 0.1) is 24.3 Å². The molecular formula is C82H66O4. The van der Waals surface area contributed by atoms with Gasteiger partial charge in [-0.1, -0.05) is 257 Å². The van der Waals surface area contributed by atoms with E-state index in [1.54, 1.807) is 0 Å². The van der Waals surface area contributed by atoms with Crippen molar-refractivity contribution < 1.29 is 19.1 Å². The minimum Gasteiger partial charge on any atom is -0.462 e. The van der Waals surface area contributed by atoms with Crippen LogP contribution >= 0.6 is 0 Å². The zero-order valence-corrected chi connectivity index (χ0v) is 49.0. The first-order chi connectivity index (χ1) is 42.2. The molecule has 12 aromatic rings. The fourth-order valence-electron chi connectivity index (χ4n) is 11.4. The molecule has 0 saturated heterocycles. The first kappa shape index (κ1) is 56.1. The molecule has 0 aromatic heterocycles. The lowest BCUT2D eigenvalue weighted by atomic mass is 9.81. The van der Waals surface area contributed by atoms with Gasteiger partial charge in [-0.2, -0.15) is 0 Å². The molecule has 0 aliphatic heterocycles. The summed E-state index contributed by atoms with van der Waals surface area (Å²) in [4.78, 5) is 24.7. The molecular weight excluding hydrogens is 1050 g/mol. The third-order valence-corrected chi connectivity index (χ3v) is 16.3. The number of esters is 2. The highest BCUT2D eigenvalue weighted by molar-refractivity contribution is 6.32. The Hall–Kier alpha value is -10.4. The number of carbonyl (C=O) groups is 2. The molecule has 0 N–H and O–H groups in total. The van der Waals surface area contributed by atoms with Gasteiger partial charge in [-0.25, -0.2) is 9.59 Å². The second kappa shape index (κ2) is 25.6. The molecule has 0 bridgehead atoms. The van der Waals surface area contributed by atoms with Gasteiger partial charge < -0.3 is 9.47 Å². The zero-order valence-electron chi connectivity index (χ0n) is 49.0. The number of ether oxygens (including phenoxy) is 2. The van der Waals surface area contributed by atoms with Crippen LogP contribution in [0.5, 0.6) is 0 Å². The van der Waals surface area contributed by atoms with Crippen molar-refractivity contribution in [3.63, 3.8) is 0 Å². The quantitative estimate of drug-likeness (QED) is 0.0488. The summed E-state index contributed by atoms with van der Waals surface area (Å²) in [6.45, 7) is 8.69. The first-order valence-electron chi connectivity index (χ1n) is 29.9. The van der Waals surface area contributed by atoms with E-state index in [0.717, 1.165) is 79.6 Å². The van der Waals surface area contributed by atoms with Gasteiger partial charge in [0.15, 0.2) is 0 Å². The lowest BCUT2D eigenvalue weighted by molar-refractivity contribution is 0.0516. The molecule has 0 saturated carbocycles. The van der Waals surface area contributed by atoms with E-state index in [9.17, 15) is 9.59 Å². The van der Waals surface area contributed by atoms with Crippen molar-refractivity contribution in [2.45, 2.75) is 40.5 Å². The first-order valence-corrected chi connectivity index (χ1v) is 29.9. The Balaban J connectivity index is 0.984. The minimum absolute atomic E-state index is 0.315. The zero-order chi connectivity index (χ0) is 58.9. The highest BCUT2D eigenvalue weighted by Gasteiger charge is 2.21. The van der Waals surface area contributed by atoms with Gasteiger partial charge in [0, 0.05) is 0 Å². The summed E-state index contributed by atoms with van der Waals surface area (Å²) in [5.74, 6) is -0.630. The van der Waals surface area contributed by atoms with Crippen LogP contribution < -0.4 is 0 Å². The average molecular weight is 1120 g/mol. The van der Waals surface area contributed by atoms with Crippen LogP contribution in [0.3, 0.4) is 0 Å². The highest BCUT2D eigenvalue weighted by Crippen LogP contribution is 2.49. The molecule has 418 valence electrons. The van der Waals surface area contributed by atoms with Crippen LogP contribution in [0.15, 0.2) is 231 Å². The lowest BCUT2D eigenvalue weighted by Gasteiger charge is -2.21. The second-order valence-corrected chi connectivity index (χ2v) is 21.7. The van der Waals surface area contributed by atoms with Crippen LogP contribution in [0, 0.1) is 0 Å². The second-order valence-electron chi connectivity index (χ2n) is 21.7. The molecule has 0 atom stereocenters. The summed E-state index contributed by atoms with van der Waals surface area (Å²) in [6.07, 6.45) is 19.2. The van der Waals surface area contributed by atoms with E-state index in [1.165, 1.54) is 65.7 Å². The third kappa shape index (κ3) is 12.3. The Morgan fingerprint density at radius 1 is 0.279 bits per heavy atom. The maximum absolute atomic E-state index is 12.3. The van der Waals surface area contributed by atoms with Crippen molar-refractivity contribution in [2.75, 3.05) is 13.2 Å². The standard InChI is InChI=1S/C82H66O4/c1-5-55-9-13-57(14-10-55)17-19-59-25-37-65(38-26-59)75-53-77(67-41-29-61(30-42-67)21-23-63-33-45-69(46-34-63)81(83)85-7-3)73-51-52-74-78(68-43-31-62(32-44-68)22-24-64-35-47-70(48-36-64)82(84)86-8-4)54-76(72-50-49-71(75)79(73)80(72)74)66-39-27-60(28-40-66)20-18-58-15-11-56(6-2)12-16-58/h9-54H,5-8H2,1-4H3/b19-17+,20-18+,23-21+,24-22+. The predicted octanol–water partition coefficient (Wildman–Crippen LogP) is 21.4. The van der Waals surface area contributed by atoms with Crippen LogP contribution in [0.25, 0.3) is 125 Å². The van der Waals surface area contributed by atoms with Crippen LogP contribution in [0.1, 0.15) is 104 Å². The van der Waals surface area contributed by atoms with Crippen molar-refractivity contribution >= 4 is 92.9 Å². The summed E-state index contributed by atoms with van der Waals surface area (Å²) in [5.41, 5.74) is 21.7. The van der Waals surface area contributed by atoms with Crippen molar-refractivity contribution in [2.24, 2.45) is 0 Å². The largest absolute Gasteiger partial charge is 0.462 e. The van der Waals surface area contributed by atoms with Gasteiger partial charge in [-0.15, -0.1) is 0 Å². The molecule has 0 fully saturated rings. The van der Waals surface area contributed by atoms with E-state index in [1.807, 2.05) is 62.4 Å². The average Bonchev–Trinajstić information content (AvgIpc) is 0.766. The van der Waals surface area contributed by atoms with E-state index >= 15 is 0 Å². The van der Waals surface area contributed by atoms with Crippen molar-refractivity contribution in [1.82, 2.24) is 0 Å². The van der Waals surface area contributed by atoms with E-state index in [-0.39, 0.29) is 11.9 Å². The molecule has 0 aliphatic carbocycles. The third-order valence-electron chi connectivity index (χ3n) is 16.3. The van der Waals surface area contributed by atoms with Crippen LogP contribution in [-0.4, -0.2) is 25.2 Å². The van der Waals surface area contributed by atoms with E-state index in [0.29, 0.717) is 24.3 Å². The van der Waals surface area contributed by atoms with E-state index < -0.39 is 0 Å². The Kier molecular flexibility index (Phi) is 16.7. The lowest BCUT2D eigenvalue weighted by Crippen LogP contribution is -2.03. The van der Waals surface area contributed by atoms with Crippen molar-refractivity contribution in [3.05, 3.63) is 297 Å². The van der Waals surface area contributed by atoms with E-state index in [2.05, 4.69) is 244 Å². The molecule has 12 aromatic carbocycles. The highest BCUT2D eigenvalue weighted by atomic mass is 16.5. The summed E-state index contributed by atoms with van der Waals surface area (Å²) in [7, 11) is 0. The number of hydrogen-bond donors (Lipinski definition) is 0. The summed E-state index contributed by atoms with van der Waals surface area (Å²) >= 11 is 0.